The number of sulfone groups is 2. The van der Waals surface area contributed by atoms with Crippen molar-refractivity contribution in [3.8, 4) is 0 Å². The van der Waals surface area contributed by atoms with Crippen LogP contribution in [0.2, 0.25) is 0 Å². The molecule has 0 N–H and O–H groups in total. The van der Waals surface area contributed by atoms with Crippen LogP contribution in [-0.2, 0) is 33.3 Å². The van der Waals surface area contributed by atoms with Crippen LogP contribution in [0.5, 0.6) is 0 Å². The quantitative estimate of drug-likeness (QED) is 0.537. The highest BCUT2D eigenvalue weighted by Crippen LogP contribution is 2.59. The molecule has 1 unspecified atom stereocenters. The molecule has 0 saturated carbocycles. The Labute approximate surface area is 134 Å². The van der Waals surface area contributed by atoms with E-state index in [1.54, 1.807) is 13.8 Å². The van der Waals surface area contributed by atoms with Gasteiger partial charge in [0.1, 0.15) is 0 Å². The van der Waals surface area contributed by atoms with Crippen LogP contribution >= 0.6 is 7.60 Å². The molecule has 0 bridgehead atoms. The van der Waals surface area contributed by atoms with Gasteiger partial charge in [0.2, 0.25) is 0 Å². The standard InChI is InChI=1S/C12H27O7PS2/c1-7-18-20(13,19-8-2)11(5)12(6,21(14,15)9-3)22(16,17)10-4/h11H,7-10H2,1-6H3. The Bertz CT molecular complexity index is 565. The molecule has 22 heavy (non-hydrogen) atoms. The average molecular weight is 378 g/mol. The smallest absolute Gasteiger partial charge is 0.309 e. The number of hydrogen-bond donors (Lipinski definition) is 0. The Kier molecular flexibility index (Phi) is 7.76. The second-order valence-corrected chi connectivity index (χ2v) is 12.8. The topological polar surface area (TPSA) is 104 Å². The molecule has 0 aromatic carbocycles. The molecule has 0 aliphatic carbocycles. The van der Waals surface area contributed by atoms with Crippen molar-refractivity contribution in [3.63, 3.8) is 0 Å². The van der Waals surface area contributed by atoms with Gasteiger partial charge in [0.25, 0.3) is 0 Å². The maximum Gasteiger partial charge on any atom is 0.336 e. The van der Waals surface area contributed by atoms with Gasteiger partial charge in [0.05, 0.1) is 18.9 Å². The lowest BCUT2D eigenvalue weighted by Gasteiger charge is -2.37. The van der Waals surface area contributed by atoms with E-state index in [1.165, 1.54) is 20.8 Å². The summed E-state index contributed by atoms with van der Waals surface area (Å²) < 4.78 is 71.1. The third-order valence-corrected chi connectivity index (χ3v) is 13.1. The van der Waals surface area contributed by atoms with Crippen LogP contribution in [0.3, 0.4) is 0 Å². The third-order valence-electron chi connectivity index (χ3n) is 3.85. The Balaban J connectivity index is 6.42. The minimum Gasteiger partial charge on any atom is -0.309 e. The Morgan fingerprint density at radius 1 is 0.909 bits per heavy atom. The second-order valence-electron chi connectivity index (χ2n) is 4.87. The van der Waals surface area contributed by atoms with Crippen molar-refractivity contribution in [2.24, 2.45) is 0 Å². The van der Waals surface area contributed by atoms with E-state index in [0.29, 0.717) is 0 Å². The molecule has 0 rings (SSSR count). The third kappa shape index (κ3) is 3.75. The van der Waals surface area contributed by atoms with E-state index < -0.39 is 37.0 Å². The first-order valence-electron chi connectivity index (χ1n) is 7.23. The first kappa shape index (κ1) is 22.1. The summed E-state index contributed by atoms with van der Waals surface area (Å²) in [6.45, 7) is 8.32. The molecule has 134 valence electrons. The van der Waals surface area contributed by atoms with Crippen molar-refractivity contribution in [3.05, 3.63) is 0 Å². The van der Waals surface area contributed by atoms with Crippen molar-refractivity contribution in [1.29, 1.82) is 0 Å². The second kappa shape index (κ2) is 7.75. The van der Waals surface area contributed by atoms with Crippen LogP contribution in [0, 0.1) is 0 Å². The number of rotatable bonds is 10. The fourth-order valence-corrected chi connectivity index (χ4v) is 10.2. The van der Waals surface area contributed by atoms with Gasteiger partial charge in [0.15, 0.2) is 23.8 Å². The summed E-state index contributed by atoms with van der Waals surface area (Å²) in [5.41, 5.74) is -1.34. The molecule has 0 saturated heterocycles. The van der Waals surface area contributed by atoms with Crippen molar-refractivity contribution in [1.82, 2.24) is 0 Å². The molecule has 0 heterocycles. The van der Waals surface area contributed by atoms with Crippen LogP contribution in [0.4, 0.5) is 0 Å². The summed E-state index contributed by atoms with van der Waals surface area (Å²) in [5.74, 6) is -0.767. The van der Waals surface area contributed by atoms with E-state index in [-0.39, 0.29) is 24.7 Å². The van der Waals surface area contributed by atoms with Gasteiger partial charge in [-0.25, -0.2) is 16.8 Å². The fraction of sp³-hybridized carbons (Fsp3) is 1.00. The van der Waals surface area contributed by atoms with E-state index in [2.05, 4.69) is 0 Å². The van der Waals surface area contributed by atoms with Gasteiger partial charge in [-0.3, -0.25) is 4.57 Å². The zero-order chi connectivity index (χ0) is 17.8. The molecule has 0 aromatic rings. The van der Waals surface area contributed by atoms with E-state index in [4.69, 9.17) is 9.05 Å². The lowest BCUT2D eigenvalue weighted by Crippen LogP contribution is -2.53. The van der Waals surface area contributed by atoms with Crippen molar-refractivity contribution >= 4 is 27.3 Å². The van der Waals surface area contributed by atoms with Gasteiger partial charge in [0, 0.05) is 11.5 Å². The molecule has 0 aliphatic rings. The molecule has 0 amide bonds. The summed E-state index contributed by atoms with van der Waals surface area (Å²) in [7, 11) is -12.0. The first-order chi connectivity index (χ1) is 9.90. The van der Waals surface area contributed by atoms with Gasteiger partial charge in [-0.05, 0) is 27.7 Å². The Morgan fingerprint density at radius 2 is 1.23 bits per heavy atom. The monoisotopic (exact) mass is 378 g/mol. The van der Waals surface area contributed by atoms with Gasteiger partial charge in [-0.2, -0.15) is 0 Å². The summed E-state index contributed by atoms with van der Waals surface area (Å²) in [6, 6.07) is 0. The molecule has 0 spiro atoms. The van der Waals surface area contributed by atoms with E-state index >= 15 is 0 Å². The summed E-state index contributed by atoms with van der Waals surface area (Å²) in [5, 5.41) is 0. The Hall–Kier alpha value is 0.0500. The highest BCUT2D eigenvalue weighted by atomic mass is 32.3. The maximum absolute atomic E-state index is 12.9. The van der Waals surface area contributed by atoms with E-state index in [9.17, 15) is 21.4 Å². The molecule has 0 aliphatic heterocycles. The largest absolute Gasteiger partial charge is 0.336 e. The van der Waals surface area contributed by atoms with E-state index in [1.807, 2.05) is 0 Å². The van der Waals surface area contributed by atoms with Crippen molar-refractivity contribution < 1.29 is 30.4 Å². The predicted octanol–water partition coefficient (Wildman–Crippen LogP) is 2.23. The molecule has 1 atom stereocenters. The summed E-state index contributed by atoms with van der Waals surface area (Å²) >= 11 is 0. The predicted molar refractivity (Wildman–Crippen MR) is 87.6 cm³/mol. The zero-order valence-electron chi connectivity index (χ0n) is 14.0. The Morgan fingerprint density at radius 3 is 1.45 bits per heavy atom. The highest BCUT2D eigenvalue weighted by molar-refractivity contribution is 8.10. The van der Waals surface area contributed by atoms with Gasteiger partial charge < -0.3 is 9.05 Å². The highest BCUT2D eigenvalue weighted by Gasteiger charge is 2.59. The molecule has 0 radical (unpaired) electrons. The molecule has 0 aromatic heterocycles. The van der Waals surface area contributed by atoms with Crippen molar-refractivity contribution in [2.75, 3.05) is 24.7 Å². The molecular weight excluding hydrogens is 351 g/mol. The molecular formula is C12H27O7PS2. The van der Waals surface area contributed by atoms with Gasteiger partial charge in [-0.1, -0.05) is 13.8 Å². The minimum absolute atomic E-state index is 0.0239. The maximum atomic E-state index is 12.9. The van der Waals surface area contributed by atoms with Crippen LogP contribution in [0.25, 0.3) is 0 Å². The van der Waals surface area contributed by atoms with Gasteiger partial charge >= 0.3 is 7.60 Å². The minimum atomic E-state index is -4.07. The van der Waals surface area contributed by atoms with Crippen molar-refractivity contribution in [2.45, 2.75) is 51.3 Å². The molecule has 0 fully saturated rings. The SMILES string of the molecule is CCOP(=O)(OCC)C(C)C(C)(S(=O)(=O)CC)S(=O)(=O)CC. The lowest BCUT2D eigenvalue weighted by molar-refractivity contribution is 0.211. The molecule has 7 nitrogen and oxygen atoms in total. The van der Waals surface area contributed by atoms with E-state index in [0.717, 1.165) is 6.92 Å². The first-order valence-corrected chi connectivity index (χ1v) is 12.1. The van der Waals surface area contributed by atoms with Crippen LogP contribution in [0.15, 0.2) is 0 Å². The van der Waals surface area contributed by atoms with Gasteiger partial charge in [-0.15, -0.1) is 0 Å². The normalized spacial score (nSPS) is 15.7. The summed E-state index contributed by atoms with van der Waals surface area (Å²) in [4.78, 5) is 0. The summed E-state index contributed by atoms with van der Waals surface area (Å²) in [6.07, 6.45) is 0. The van der Waals surface area contributed by atoms with Crippen LogP contribution in [-0.4, -0.2) is 51.3 Å². The lowest BCUT2D eigenvalue weighted by atomic mass is 10.3. The number of hydrogen-bond acceptors (Lipinski definition) is 7. The zero-order valence-corrected chi connectivity index (χ0v) is 16.6. The van der Waals surface area contributed by atoms with Crippen LogP contribution in [0.1, 0.15) is 41.5 Å². The molecule has 10 heteroatoms. The van der Waals surface area contributed by atoms with Crippen LogP contribution < -0.4 is 0 Å². The fourth-order valence-electron chi connectivity index (χ4n) is 2.19. The average Bonchev–Trinajstić information content (AvgIpc) is 2.45.